The highest BCUT2D eigenvalue weighted by Crippen LogP contribution is 2.18. The zero-order chi connectivity index (χ0) is 15.8. The van der Waals surface area contributed by atoms with Crippen LogP contribution in [-0.4, -0.2) is 41.7 Å². The van der Waals surface area contributed by atoms with Crippen LogP contribution >= 0.6 is 0 Å². The van der Waals surface area contributed by atoms with Gasteiger partial charge in [-0.05, 0) is 24.0 Å². The molecule has 0 saturated carbocycles. The van der Waals surface area contributed by atoms with Gasteiger partial charge >= 0.3 is 0 Å². The molecule has 0 aromatic heterocycles. The second-order valence-corrected chi connectivity index (χ2v) is 6.17. The van der Waals surface area contributed by atoms with Gasteiger partial charge in [-0.15, -0.1) is 0 Å². The van der Waals surface area contributed by atoms with E-state index in [-0.39, 0.29) is 5.91 Å². The number of fused-ring (bicyclic) bond motifs is 1. The molecule has 122 valence electrons. The third kappa shape index (κ3) is 5.43. The van der Waals surface area contributed by atoms with Crippen molar-refractivity contribution in [3.8, 4) is 0 Å². The molecule has 1 amide bonds. The van der Waals surface area contributed by atoms with Gasteiger partial charge < -0.3 is 10.4 Å². The second kappa shape index (κ2) is 8.91. The Morgan fingerprint density at radius 1 is 1.32 bits per heavy atom. The SMILES string of the molecule is CCCCCC(=O)NCC(O)CN1CCc2ccccc2C1. The van der Waals surface area contributed by atoms with Crippen LogP contribution in [0, 0.1) is 0 Å². The summed E-state index contributed by atoms with van der Waals surface area (Å²) in [6, 6.07) is 8.48. The van der Waals surface area contributed by atoms with Crippen molar-refractivity contribution < 1.29 is 9.90 Å². The number of β-amino-alcohol motifs (C(OH)–C–C–N with tert-alkyl or cyclic N) is 1. The van der Waals surface area contributed by atoms with Gasteiger partial charge in [-0.3, -0.25) is 9.69 Å². The number of hydrogen-bond donors (Lipinski definition) is 2. The number of nitrogens with zero attached hydrogens (tertiary/aromatic N) is 1. The highest BCUT2D eigenvalue weighted by Gasteiger charge is 2.18. The molecule has 1 aliphatic rings. The molecule has 1 aromatic rings. The summed E-state index contributed by atoms with van der Waals surface area (Å²) in [4.78, 5) is 13.9. The summed E-state index contributed by atoms with van der Waals surface area (Å²) in [5, 5.41) is 12.9. The first-order chi connectivity index (χ1) is 10.7. The summed E-state index contributed by atoms with van der Waals surface area (Å²) < 4.78 is 0. The maximum atomic E-state index is 11.6. The maximum Gasteiger partial charge on any atom is 0.220 e. The highest BCUT2D eigenvalue weighted by atomic mass is 16.3. The summed E-state index contributed by atoms with van der Waals surface area (Å²) in [5.74, 6) is 0.0523. The van der Waals surface area contributed by atoms with E-state index in [0.717, 1.165) is 38.8 Å². The molecule has 1 atom stereocenters. The number of hydrogen-bond acceptors (Lipinski definition) is 3. The molecule has 0 saturated heterocycles. The van der Waals surface area contributed by atoms with Crippen molar-refractivity contribution in [3.63, 3.8) is 0 Å². The van der Waals surface area contributed by atoms with Gasteiger partial charge in [0.15, 0.2) is 0 Å². The molecule has 0 bridgehead atoms. The Balaban J connectivity index is 1.67. The number of amides is 1. The number of aliphatic hydroxyl groups excluding tert-OH is 1. The predicted molar refractivity (Wildman–Crippen MR) is 88.6 cm³/mol. The Bertz CT molecular complexity index is 476. The minimum Gasteiger partial charge on any atom is -0.390 e. The van der Waals surface area contributed by atoms with Crippen LogP contribution in [-0.2, 0) is 17.8 Å². The summed E-state index contributed by atoms with van der Waals surface area (Å²) in [6.07, 6.45) is 4.24. The highest BCUT2D eigenvalue weighted by molar-refractivity contribution is 5.75. The van der Waals surface area contributed by atoms with Crippen LogP contribution in [0.1, 0.15) is 43.7 Å². The van der Waals surface area contributed by atoms with Crippen molar-refractivity contribution in [1.82, 2.24) is 10.2 Å². The summed E-state index contributed by atoms with van der Waals surface area (Å²) >= 11 is 0. The normalized spacial score (nSPS) is 16.1. The standard InChI is InChI=1S/C18H28N2O2/c1-2-3-4-9-18(22)19-12-17(21)14-20-11-10-15-7-5-6-8-16(15)13-20/h5-8,17,21H,2-4,9-14H2,1H3,(H,19,22). The average molecular weight is 304 g/mol. The van der Waals surface area contributed by atoms with Crippen LogP contribution in [0.4, 0.5) is 0 Å². The molecule has 1 aromatic carbocycles. The molecule has 4 nitrogen and oxygen atoms in total. The number of rotatable bonds is 8. The Kier molecular flexibility index (Phi) is 6.87. The lowest BCUT2D eigenvalue weighted by Gasteiger charge is -2.30. The zero-order valence-corrected chi connectivity index (χ0v) is 13.6. The number of carbonyl (C=O) groups excluding carboxylic acids is 1. The van der Waals surface area contributed by atoms with E-state index < -0.39 is 6.10 Å². The van der Waals surface area contributed by atoms with Crippen molar-refractivity contribution in [2.45, 2.75) is 51.7 Å². The van der Waals surface area contributed by atoms with E-state index in [0.29, 0.717) is 19.5 Å². The number of unbranched alkanes of at least 4 members (excludes halogenated alkanes) is 2. The van der Waals surface area contributed by atoms with Gasteiger partial charge in [0.25, 0.3) is 0 Å². The monoisotopic (exact) mass is 304 g/mol. The van der Waals surface area contributed by atoms with Crippen molar-refractivity contribution in [2.24, 2.45) is 0 Å². The maximum absolute atomic E-state index is 11.6. The van der Waals surface area contributed by atoms with Gasteiger partial charge in [0.05, 0.1) is 6.10 Å². The van der Waals surface area contributed by atoms with Gasteiger partial charge in [-0.2, -0.15) is 0 Å². The predicted octanol–water partition coefficient (Wildman–Crippen LogP) is 2.10. The first kappa shape index (κ1) is 17.0. The average Bonchev–Trinajstić information content (AvgIpc) is 2.53. The van der Waals surface area contributed by atoms with Crippen LogP contribution in [0.5, 0.6) is 0 Å². The molecule has 0 fully saturated rings. The van der Waals surface area contributed by atoms with Gasteiger partial charge in [-0.1, -0.05) is 44.0 Å². The summed E-state index contributed by atoms with van der Waals surface area (Å²) in [7, 11) is 0. The third-order valence-electron chi connectivity index (χ3n) is 4.22. The fourth-order valence-electron chi connectivity index (χ4n) is 2.93. The molecule has 1 unspecified atom stereocenters. The van der Waals surface area contributed by atoms with Crippen LogP contribution in [0.2, 0.25) is 0 Å². The fourth-order valence-corrected chi connectivity index (χ4v) is 2.93. The quantitative estimate of drug-likeness (QED) is 0.723. The molecule has 0 radical (unpaired) electrons. The Morgan fingerprint density at radius 3 is 2.86 bits per heavy atom. The minimum absolute atomic E-state index is 0.0523. The summed E-state index contributed by atoms with van der Waals surface area (Å²) in [6.45, 7) is 4.95. The molecule has 2 rings (SSSR count). The number of aliphatic hydroxyl groups is 1. The Labute approximate surface area is 133 Å². The summed E-state index contributed by atoms with van der Waals surface area (Å²) in [5.41, 5.74) is 2.77. The number of carbonyl (C=O) groups is 1. The molecule has 0 aliphatic carbocycles. The van der Waals surface area contributed by atoms with Gasteiger partial charge in [-0.25, -0.2) is 0 Å². The van der Waals surface area contributed by atoms with Gasteiger partial charge in [0.1, 0.15) is 0 Å². The van der Waals surface area contributed by atoms with Crippen LogP contribution in [0.15, 0.2) is 24.3 Å². The first-order valence-electron chi connectivity index (χ1n) is 8.43. The van der Waals surface area contributed by atoms with E-state index >= 15 is 0 Å². The number of benzene rings is 1. The van der Waals surface area contributed by atoms with Crippen molar-refractivity contribution >= 4 is 5.91 Å². The lowest BCUT2D eigenvalue weighted by molar-refractivity contribution is -0.121. The van der Waals surface area contributed by atoms with E-state index in [1.165, 1.54) is 11.1 Å². The van der Waals surface area contributed by atoms with Crippen LogP contribution in [0.3, 0.4) is 0 Å². The van der Waals surface area contributed by atoms with Crippen LogP contribution < -0.4 is 5.32 Å². The lowest BCUT2D eigenvalue weighted by atomic mass is 10.00. The van der Waals surface area contributed by atoms with E-state index in [1.807, 2.05) is 0 Å². The van der Waals surface area contributed by atoms with Crippen molar-refractivity contribution in [2.75, 3.05) is 19.6 Å². The first-order valence-corrected chi connectivity index (χ1v) is 8.43. The third-order valence-corrected chi connectivity index (χ3v) is 4.22. The molecule has 4 heteroatoms. The number of nitrogens with one attached hydrogen (secondary N) is 1. The Morgan fingerprint density at radius 2 is 2.09 bits per heavy atom. The fraction of sp³-hybridized carbons (Fsp3) is 0.611. The van der Waals surface area contributed by atoms with Crippen molar-refractivity contribution in [3.05, 3.63) is 35.4 Å². The minimum atomic E-state index is -0.500. The van der Waals surface area contributed by atoms with Crippen molar-refractivity contribution in [1.29, 1.82) is 0 Å². The molecule has 1 aliphatic heterocycles. The molecule has 0 spiro atoms. The molecular formula is C18H28N2O2. The van der Waals surface area contributed by atoms with E-state index in [4.69, 9.17) is 0 Å². The largest absolute Gasteiger partial charge is 0.390 e. The van der Waals surface area contributed by atoms with E-state index in [2.05, 4.69) is 41.4 Å². The van der Waals surface area contributed by atoms with E-state index in [1.54, 1.807) is 0 Å². The molecular weight excluding hydrogens is 276 g/mol. The van der Waals surface area contributed by atoms with Crippen LogP contribution in [0.25, 0.3) is 0 Å². The zero-order valence-electron chi connectivity index (χ0n) is 13.6. The lowest BCUT2D eigenvalue weighted by Crippen LogP contribution is -2.42. The Hall–Kier alpha value is -1.39. The van der Waals surface area contributed by atoms with Gasteiger partial charge in [0, 0.05) is 32.6 Å². The smallest absolute Gasteiger partial charge is 0.220 e. The molecule has 22 heavy (non-hydrogen) atoms. The van der Waals surface area contributed by atoms with Gasteiger partial charge in [0.2, 0.25) is 5.91 Å². The molecule has 2 N–H and O–H groups in total. The second-order valence-electron chi connectivity index (χ2n) is 6.17. The topological polar surface area (TPSA) is 52.6 Å². The molecule has 1 heterocycles. The van der Waals surface area contributed by atoms with E-state index in [9.17, 15) is 9.90 Å².